The van der Waals surface area contributed by atoms with Crippen molar-refractivity contribution in [1.82, 2.24) is 5.20 Å². The van der Waals surface area contributed by atoms with E-state index in [4.69, 9.17) is 4.74 Å². The normalized spacial score (nSPS) is 15.1. The van der Waals surface area contributed by atoms with E-state index in [2.05, 4.69) is 15.0 Å². The van der Waals surface area contributed by atoms with E-state index in [0.29, 0.717) is 17.1 Å². The maximum atomic E-state index is 13.6. The Labute approximate surface area is 184 Å². The topological polar surface area (TPSA) is 59.9 Å². The Morgan fingerprint density at radius 3 is 1.88 bits per heavy atom. The maximum Gasteiger partial charge on any atom is 0.387 e. The molecule has 0 fully saturated rings. The molecule has 162 valence electrons. The Hall–Kier alpha value is -3.70. The lowest BCUT2D eigenvalue weighted by molar-refractivity contribution is -0.0498. The van der Waals surface area contributed by atoms with Crippen LogP contribution < -0.4 is 9.93 Å². The second-order valence-electron chi connectivity index (χ2n) is 6.84. The summed E-state index contributed by atoms with van der Waals surface area (Å²) in [5.41, 5.74) is 2.20. The zero-order valence-corrected chi connectivity index (χ0v) is 17.7. The highest BCUT2D eigenvalue weighted by Gasteiger charge is 2.26. The van der Waals surface area contributed by atoms with E-state index in [0.717, 1.165) is 11.1 Å². The number of benzene rings is 3. The molecule has 1 aliphatic rings. The van der Waals surface area contributed by atoms with Gasteiger partial charge in [-0.25, -0.2) is 0 Å². The van der Waals surface area contributed by atoms with E-state index in [1.165, 1.54) is 30.0 Å². The number of ether oxygens (including phenoxy) is 2. The van der Waals surface area contributed by atoms with Crippen LogP contribution in [0.5, 0.6) is 5.75 Å². The van der Waals surface area contributed by atoms with Gasteiger partial charge < -0.3 is 9.47 Å². The van der Waals surface area contributed by atoms with Crippen LogP contribution in [-0.4, -0.2) is 12.8 Å². The summed E-state index contributed by atoms with van der Waals surface area (Å²) < 4.78 is 48.5. The molecule has 0 amide bonds. The Morgan fingerprint density at radius 1 is 0.844 bits per heavy atom. The molecule has 32 heavy (non-hydrogen) atoms. The van der Waals surface area contributed by atoms with Crippen molar-refractivity contribution in [2.45, 2.75) is 6.61 Å². The first-order valence-electron chi connectivity index (χ1n) is 9.70. The lowest BCUT2D eigenvalue weighted by Crippen LogP contribution is -2.06. The monoisotopic (exact) mass is 452 g/mol. The molecular formula is C24H19F2N2O3P. The van der Waals surface area contributed by atoms with Crippen LogP contribution in [0.15, 0.2) is 102 Å². The average Bonchev–Trinajstić information content (AvgIpc) is 2.81. The van der Waals surface area contributed by atoms with Crippen molar-refractivity contribution in [3.05, 3.63) is 113 Å². The molecule has 1 aliphatic heterocycles. The molecule has 0 aliphatic carbocycles. The van der Waals surface area contributed by atoms with Crippen LogP contribution >= 0.6 is 7.29 Å². The van der Waals surface area contributed by atoms with Gasteiger partial charge in [0.2, 0.25) is 7.29 Å². The third-order valence-corrected chi connectivity index (χ3v) is 6.15. The minimum atomic E-state index is -3.24. The van der Waals surface area contributed by atoms with Gasteiger partial charge in [-0.1, -0.05) is 60.7 Å². The molecule has 3 aromatic carbocycles. The van der Waals surface area contributed by atoms with Gasteiger partial charge in [-0.05, 0) is 29.8 Å². The maximum absolute atomic E-state index is 13.6. The molecule has 3 aromatic rings. The first-order chi connectivity index (χ1) is 15.5. The largest absolute Gasteiger partial charge is 0.456 e. The van der Waals surface area contributed by atoms with Gasteiger partial charge in [-0.3, -0.25) is 9.76 Å². The van der Waals surface area contributed by atoms with Gasteiger partial charge in [-0.15, -0.1) is 0 Å². The molecular weight excluding hydrogens is 433 g/mol. The quantitative estimate of drug-likeness (QED) is 0.252. The SMILES string of the molecule is O=P1(NN=Cc2ccc(OC(F)F)cc2)C=C(c2ccccc2)OC(c2ccccc2)=C1. The minimum absolute atomic E-state index is 0.0493. The van der Waals surface area contributed by atoms with Gasteiger partial charge in [0.15, 0.2) is 0 Å². The van der Waals surface area contributed by atoms with E-state index >= 15 is 0 Å². The van der Waals surface area contributed by atoms with Crippen LogP contribution in [0.2, 0.25) is 0 Å². The van der Waals surface area contributed by atoms with E-state index in [-0.39, 0.29) is 5.75 Å². The van der Waals surface area contributed by atoms with Crippen LogP contribution in [0.3, 0.4) is 0 Å². The van der Waals surface area contributed by atoms with Crippen molar-refractivity contribution in [1.29, 1.82) is 0 Å². The smallest absolute Gasteiger partial charge is 0.387 e. The van der Waals surface area contributed by atoms with Crippen molar-refractivity contribution in [3.63, 3.8) is 0 Å². The zero-order chi connectivity index (χ0) is 22.4. The van der Waals surface area contributed by atoms with Crippen LogP contribution in [0.25, 0.3) is 11.5 Å². The summed E-state index contributed by atoms with van der Waals surface area (Å²) in [4.78, 5) is 0. The summed E-state index contributed by atoms with van der Waals surface area (Å²) in [7, 11) is -3.24. The lowest BCUT2D eigenvalue weighted by atomic mass is 10.2. The molecule has 0 unspecified atom stereocenters. The molecule has 4 rings (SSSR count). The van der Waals surface area contributed by atoms with Crippen LogP contribution in [-0.2, 0) is 9.30 Å². The molecule has 0 atom stereocenters. The van der Waals surface area contributed by atoms with Crippen LogP contribution in [0.1, 0.15) is 16.7 Å². The Balaban J connectivity index is 1.58. The number of hydrogen-bond donors (Lipinski definition) is 1. The van der Waals surface area contributed by atoms with Crippen molar-refractivity contribution in [2.24, 2.45) is 5.10 Å². The van der Waals surface area contributed by atoms with Crippen LogP contribution in [0, 0.1) is 0 Å². The third kappa shape index (κ3) is 5.50. The third-order valence-electron chi connectivity index (χ3n) is 4.49. The fraction of sp³-hybridized carbons (Fsp3) is 0.0417. The molecule has 0 aromatic heterocycles. The predicted octanol–water partition coefficient (Wildman–Crippen LogP) is 6.52. The lowest BCUT2D eigenvalue weighted by Gasteiger charge is -2.22. The highest BCUT2D eigenvalue weighted by Crippen LogP contribution is 2.53. The summed E-state index contributed by atoms with van der Waals surface area (Å²) in [6.07, 6.45) is 1.45. The summed E-state index contributed by atoms with van der Waals surface area (Å²) in [5, 5.41) is 6.85. The highest BCUT2D eigenvalue weighted by atomic mass is 31.2. The second-order valence-corrected chi connectivity index (χ2v) is 8.97. The fourth-order valence-corrected chi connectivity index (χ4v) is 4.54. The molecule has 0 bridgehead atoms. The Bertz CT molecular complexity index is 1140. The van der Waals surface area contributed by atoms with E-state index < -0.39 is 13.9 Å². The first-order valence-corrected chi connectivity index (χ1v) is 11.5. The molecule has 0 radical (unpaired) electrons. The molecule has 1 N–H and O–H groups in total. The van der Waals surface area contributed by atoms with Gasteiger partial charge in [0, 0.05) is 22.8 Å². The number of hydrogen-bond acceptors (Lipinski definition) is 4. The van der Waals surface area contributed by atoms with Gasteiger partial charge in [-0.2, -0.15) is 13.9 Å². The number of nitrogens with one attached hydrogen (secondary N) is 1. The van der Waals surface area contributed by atoms with Crippen molar-refractivity contribution in [2.75, 3.05) is 0 Å². The van der Waals surface area contributed by atoms with Gasteiger partial charge >= 0.3 is 6.61 Å². The van der Waals surface area contributed by atoms with Gasteiger partial charge in [0.05, 0.1) is 6.21 Å². The number of nitrogens with zero attached hydrogens (tertiary/aromatic N) is 1. The van der Waals surface area contributed by atoms with Crippen molar-refractivity contribution >= 4 is 25.0 Å². The molecule has 5 nitrogen and oxygen atoms in total. The number of hydrazone groups is 1. The molecule has 0 saturated heterocycles. The summed E-state index contributed by atoms with van der Waals surface area (Å²) in [6, 6.07) is 24.7. The first kappa shape index (κ1) is 21.5. The average molecular weight is 452 g/mol. The van der Waals surface area contributed by atoms with Crippen molar-refractivity contribution in [3.8, 4) is 5.75 Å². The summed E-state index contributed by atoms with van der Waals surface area (Å²) >= 11 is 0. The van der Waals surface area contributed by atoms with E-state index in [1.807, 2.05) is 60.7 Å². The van der Waals surface area contributed by atoms with E-state index in [9.17, 15) is 13.3 Å². The molecule has 0 spiro atoms. The number of halogens is 2. The van der Waals surface area contributed by atoms with Crippen LogP contribution in [0.4, 0.5) is 8.78 Å². The number of rotatable bonds is 7. The molecule has 8 heteroatoms. The van der Waals surface area contributed by atoms with Gasteiger partial charge in [0.1, 0.15) is 17.3 Å². The zero-order valence-electron chi connectivity index (χ0n) is 16.8. The highest BCUT2D eigenvalue weighted by molar-refractivity contribution is 7.68. The number of alkyl halides is 2. The second kappa shape index (κ2) is 9.62. The van der Waals surface area contributed by atoms with Gasteiger partial charge in [0.25, 0.3) is 0 Å². The summed E-state index contributed by atoms with van der Waals surface area (Å²) in [6.45, 7) is -2.88. The molecule has 0 saturated carbocycles. The fourth-order valence-electron chi connectivity index (χ4n) is 3.02. The molecule has 1 heterocycles. The summed E-state index contributed by atoms with van der Waals surface area (Å²) in [5.74, 6) is 4.04. The minimum Gasteiger partial charge on any atom is -0.456 e. The Kier molecular flexibility index (Phi) is 6.47. The standard InChI is InChI=1S/C24H19F2N2O3P/c25-24(26)30-21-13-11-18(12-14-21)15-27-28-32(29)16-22(19-7-3-1-4-8-19)31-23(17-32)20-9-5-2-6-10-20/h1-17,24H,(H,28,29). The predicted molar refractivity (Wildman–Crippen MR) is 121 cm³/mol. The van der Waals surface area contributed by atoms with Crippen molar-refractivity contribution < 1.29 is 22.8 Å². The van der Waals surface area contributed by atoms with E-state index in [1.54, 1.807) is 12.1 Å². The Morgan fingerprint density at radius 2 is 1.38 bits per heavy atom.